The van der Waals surface area contributed by atoms with E-state index in [4.69, 9.17) is 9.47 Å². The van der Waals surface area contributed by atoms with Crippen molar-refractivity contribution in [3.8, 4) is 0 Å². The number of carbonyl (C=O) groups excluding carboxylic acids is 2. The van der Waals surface area contributed by atoms with Crippen LogP contribution in [0.15, 0.2) is 9.15 Å². The van der Waals surface area contributed by atoms with Crippen molar-refractivity contribution in [2.45, 2.75) is 33.1 Å². The van der Waals surface area contributed by atoms with E-state index in [0.29, 0.717) is 12.3 Å². The average Bonchev–Trinajstić information content (AvgIpc) is 2.75. The fourth-order valence-electron chi connectivity index (χ4n) is 2.74. The number of rotatable bonds is 4. The van der Waals surface area contributed by atoms with Crippen LogP contribution in [0.1, 0.15) is 33.1 Å². The standard InChI is InChI=1S/C14H21IO4/c1-8-5-6-10(9(2)15)11(8)7-12(13(16)18-3)14(17)19-4/h8,11-12H,5-7H2,1-4H3/b10-9-/t8-,11+/m0/s1. The Kier molecular flexibility index (Phi) is 6.29. The van der Waals surface area contributed by atoms with Gasteiger partial charge in [0, 0.05) is 0 Å². The Balaban J connectivity index is 2.92. The zero-order valence-corrected chi connectivity index (χ0v) is 14.0. The summed E-state index contributed by atoms with van der Waals surface area (Å²) in [7, 11) is 2.60. The first-order chi connectivity index (χ1) is 8.92. The Labute approximate surface area is 128 Å². The van der Waals surface area contributed by atoms with Crippen LogP contribution in [0.25, 0.3) is 0 Å². The van der Waals surface area contributed by atoms with Gasteiger partial charge in [-0.25, -0.2) is 0 Å². The lowest BCUT2D eigenvalue weighted by atomic mass is 9.85. The second-order valence-electron chi connectivity index (χ2n) is 5.02. The predicted octanol–water partition coefficient (Wildman–Crippen LogP) is 3.09. The third-order valence-corrected chi connectivity index (χ3v) is 4.60. The van der Waals surface area contributed by atoms with Crippen molar-refractivity contribution in [3.05, 3.63) is 9.15 Å². The third-order valence-electron chi connectivity index (χ3n) is 3.91. The third kappa shape index (κ3) is 3.94. The molecule has 1 aliphatic carbocycles. The van der Waals surface area contributed by atoms with Crippen molar-refractivity contribution < 1.29 is 19.1 Å². The topological polar surface area (TPSA) is 52.6 Å². The summed E-state index contributed by atoms with van der Waals surface area (Å²) >= 11 is 2.32. The number of hydrogen-bond donors (Lipinski definition) is 0. The highest BCUT2D eigenvalue weighted by atomic mass is 127. The van der Waals surface area contributed by atoms with Gasteiger partial charge >= 0.3 is 11.9 Å². The monoisotopic (exact) mass is 380 g/mol. The van der Waals surface area contributed by atoms with E-state index in [1.165, 1.54) is 23.4 Å². The molecule has 0 N–H and O–H groups in total. The van der Waals surface area contributed by atoms with Crippen molar-refractivity contribution >= 4 is 34.5 Å². The van der Waals surface area contributed by atoms with E-state index >= 15 is 0 Å². The lowest BCUT2D eigenvalue weighted by Gasteiger charge is -2.22. The molecule has 0 aromatic heterocycles. The van der Waals surface area contributed by atoms with E-state index < -0.39 is 17.9 Å². The fraction of sp³-hybridized carbons (Fsp3) is 0.714. The molecule has 0 unspecified atom stereocenters. The molecule has 0 amide bonds. The number of carbonyl (C=O) groups is 2. The van der Waals surface area contributed by atoms with Gasteiger partial charge in [-0.2, -0.15) is 0 Å². The molecule has 0 spiro atoms. The van der Waals surface area contributed by atoms with E-state index in [-0.39, 0.29) is 5.92 Å². The van der Waals surface area contributed by atoms with Gasteiger partial charge in [0.15, 0.2) is 5.92 Å². The van der Waals surface area contributed by atoms with Crippen molar-refractivity contribution in [1.82, 2.24) is 0 Å². The molecule has 0 aromatic carbocycles. The van der Waals surface area contributed by atoms with Crippen LogP contribution in [0, 0.1) is 17.8 Å². The van der Waals surface area contributed by atoms with Crippen LogP contribution in [0.2, 0.25) is 0 Å². The highest BCUT2D eigenvalue weighted by Gasteiger charge is 2.37. The second kappa shape index (κ2) is 7.26. The molecule has 1 fully saturated rings. The van der Waals surface area contributed by atoms with E-state index in [9.17, 15) is 9.59 Å². The summed E-state index contributed by atoms with van der Waals surface area (Å²) in [4.78, 5) is 23.5. The van der Waals surface area contributed by atoms with Crippen LogP contribution in [-0.2, 0) is 19.1 Å². The van der Waals surface area contributed by atoms with Crippen LogP contribution in [0.3, 0.4) is 0 Å². The van der Waals surface area contributed by atoms with Crippen LogP contribution in [0.4, 0.5) is 0 Å². The fourth-order valence-corrected chi connectivity index (χ4v) is 3.41. The van der Waals surface area contributed by atoms with Gasteiger partial charge in [-0.3, -0.25) is 9.59 Å². The van der Waals surface area contributed by atoms with Crippen LogP contribution in [0.5, 0.6) is 0 Å². The van der Waals surface area contributed by atoms with Gasteiger partial charge in [0.05, 0.1) is 14.2 Å². The molecule has 0 aromatic rings. The van der Waals surface area contributed by atoms with E-state index in [1.807, 2.05) is 0 Å². The number of allylic oxidation sites excluding steroid dienone is 2. The van der Waals surface area contributed by atoms with Crippen LogP contribution in [-0.4, -0.2) is 26.2 Å². The molecule has 19 heavy (non-hydrogen) atoms. The van der Waals surface area contributed by atoms with Gasteiger partial charge in [0.2, 0.25) is 0 Å². The zero-order chi connectivity index (χ0) is 14.6. The van der Waals surface area contributed by atoms with Gasteiger partial charge in [0.1, 0.15) is 0 Å². The average molecular weight is 380 g/mol. The van der Waals surface area contributed by atoms with E-state index in [0.717, 1.165) is 12.8 Å². The Morgan fingerprint density at radius 1 is 1.32 bits per heavy atom. The first-order valence-electron chi connectivity index (χ1n) is 6.43. The molecule has 0 bridgehead atoms. The second-order valence-corrected chi connectivity index (χ2v) is 6.63. The summed E-state index contributed by atoms with van der Waals surface area (Å²) in [6.45, 7) is 4.25. The molecule has 2 atom stereocenters. The predicted molar refractivity (Wildman–Crippen MR) is 80.7 cm³/mol. The molecule has 0 aliphatic heterocycles. The summed E-state index contributed by atoms with van der Waals surface area (Å²) in [5.41, 5.74) is 1.37. The van der Waals surface area contributed by atoms with Crippen LogP contribution < -0.4 is 0 Å². The Morgan fingerprint density at radius 3 is 2.26 bits per heavy atom. The van der Waals surface area contributed by atoms with Gasteiger partial charge in [-0.05, 0) is 64.2 Å². The number of halogens is 1. The molecule has 108 valence electrons. The summed E-state index contributed by atoms with van der Waals surface area (Å²) in [6.07, 6.45) is 2.64. The molecule has 0 heterocycles. The summed E-state index contributed by atoms with van der Waals surface area (Å²) in [5.74, 6) is -1.07. The minimum Gasteiger partial charge on any atom is -0.468 e. The highest BCUT2D eigenvalue weighted by molar-refractivity contribution is 14.1. The molecule has 4 nitrogen and oxygen atoms in total. The number of hydrogen-bond acceptors (Lipinski definition) is 4. The van der Waals surface area contributed by atoms with Gasteiger partial charge in [0.25, 0.3) is 0 Å². The number of ether oxygens (including phenoxy) is 2. The smallest absolute Gasteiger partial charge is 0.320 e. The summed E-state index contributed by atoms with van der Waals surface area (Å²) < 4.78 is 10.7. The molecule has 0 saturated heterocycles. The largest absolute Gasteiger partial charge is 0.468 e. The summed E-state index contributed by atoms with van der Waals surface area (Å²) in [6, 6.07) is 0. The molecular weight excluding hydrogens is 359 g/mol. The lowest BCUT2D eigenvalue weighted by molar-refractivity contribution is -0.159. The molecule has 5 heteroatoms. The van der Waals surface area contributed by atoms with E-state index in [2.05, 4.69) is 36.4 Å². The Morgan fingerprint density at radius 2 is 1.84 bits per heavy atom. The van der Waals surface area contributed by atoms with Gasteiger partial charge in [-0.1, -0.05) is 12.5 Å². The minimum atomic E-state index is -0.814. The molecule has 1 saturated carbocycles. The first-order valence-corrected chi connectivity index (χ1v) is 7.51. The quantitative estimate of drug-likeness (QED) is 0.427. The Hall–Kier alpha value is -0.590. The first kappa shape index (κ1) is 16.5. The Bertz CT molecular complexity index is 369. The normalized spacial score (nSPS) is 25.4. The van der Waals surface area contributed by atoms with Crippen molar-refractivity contribution in [2.24, 2.45) is 17.8 Å². The molecule has 1 rings (SSSR count). The minimum absolute atomic E-state index is 0.264. The lowest BCUT2D eigenvalue weighted by Crippen LogP contribution is -2.29. The van der Waals surface area contributed by atoms with Crippen molar-refractivity contribution in [3.63, 3.8) is 0 Å². The summed E-state index contributed by atoms with van der Waals surface area (Å²) in [5, 5.41) is 0. The molecular formula is C14H21IO4. The highest BCUT2D eigenvalue weighted by Crippen LogP contribution is 2.43. The molecule has 1 aliphatic rings. The number of esters is 2. The van der Waals surface area contributed by atoms with Crippen LogP contribution >= 0.6 is 22.6 Å². The maximum Gasteiger partial charge on any atom is 0.320 e. The maximum atomic E-state index is 11.7. The molecule has 0 radical (unpaired) electrons. The maximum absolute atomic E-state index is 11.7. The van der Waals surface area contributed by atoms with Crippen molar-refractivity contribution in [2.75, 3.05) is 14.2 Å². The van der Waals surface area contributed by atoms with Gasteiger partial charge < -0.3 is 9.47 Å². The van der Waals surface area contributed by atoms with Gasteiger partial charge in [-0.15, -0.1) is 0 Å². The van der Waals surface area contributed by atoms with Crippen molar-refractivity contribution in [1.29, 1.82) is 0 Å². The zero-order valence-electron chi connectivity index (χ0n) is 11.9. The SMILES string of the molecule is COC(=O)C(C[C@H]1/C(=C(/C)I)CC[C@@H]1C)C(=O)OC. The van der Waals surface area contributed by atoms with E-state index in [1.54, 1.807) is 0 Å². The number of methoxy groups -OCH3 is 2.